The molecular formula is C12H18ClN3. The van der Waals surface area contributed by atoms with Crippen molar-refractivity contribution in [3.8, 4) is 0 Å². The third kappa shape index (κ3) is 3.20. The van der Waals surface area contributed by atoms with Gasteiger partial charge < -0.3 is 5.32 Å². The molecule has 0 aromatic carbocycles. The molecule has 4 heteroatoms. The van der Waals surface area contributed by atoms with Gasteiger partial charge >= 0.3 is 0 Å². The second kappa shape index (κ2) is 5.30. The average Bonchev–Trinajstić information content (AvgIpc) is 2.19. The van der Waals surface area contributed by atoms with Crippen LogP contribution in [0.1, 0.15) is 38.1 Å². The van der Waals surface area contributed by atoms with Crippen LogP contribution in [0.25, 0.3) is 0 Å². The Kier molecular flexibility index (Phi) is 4.30. The topological polar surface area (TPSA) is 37.8 Å². The van der Waals surface area contributed by atoms with Gasteiger partial charge in [-0.05, 0) is 13.8 Å². The molecule has 16 heavy (non-hydrogen) atoms. The van der Waals surface area contributed by atoms with Gasteiger partial charge in [0.25, 0.3) is 0 Å². The number of aromatic nitrogens is 2. The normalized spacial score (nSPS) is 10.6. The lowest BCUT2D eigenvalue weighted by atomic mass is 10.2. The summed E-state index contributed by atoms with van der Waals surface area (Å²) in [6, 6.07) is 0. The van der Waals surface area contributed by atoms with Gasteiger partial charge in [-0.25, -0.2) is 9.97 Å². The summed E-state index contributed by atoms with van der Waals surface area (Å²) >= 11 is 6.06. The zero-order valence-electron chi connectivity index (χ0n) is 10.3. The zero-order valence-corrected chi connectivity index (χ0v) is 11.0. The van der Waals surface area contributed by atoms with Crippen LogP contribution in [0.4, 0.5) is 5.82 Å². The molecule has 1 aromatic rings. The number of anilines is 1. The fraction of sp³-hybridized carbons (Fsp3) is 0.500. The van der Waals surface area contributed by atoms with Crippen molar-refractivity contribution in [3.63, 3.8) is 0 Å². The average molecular weight is 240 g/mol. The molecular weight excluding hydrogens is 222 g/mol. The molecule has 0 aliphatic rings. The van der Waals surface area contributed by atoms with Gasteiger partial charge in [-0.15, -0.1) is 0 Å². The summed E-state index contributed by atoms with van der Waals surface area (Å²) in [6.45, 7) is 12.5. The van der Waals surface area contributed by atoms with Crippen molar-refractivity contribution in [2.75, 3.05) is 11.9 Å². The molecule has 0 atom stereocenters. The quantitative estimate of drug-likeness (QED) is 0.645. The number of hydrogen-bond donors (Lipinski definition) is 1. The second-order valence-electron chi connectivity index (χ2n) is 4.31. The monoisotopic (exact) mass is 239 g/mol. The third-order valence-electron chi connectivity index (χ3n) is 2.18. The van der Waals surface area contributed by atoms with E-state index in [4.69, 9.17) is 11.6 Å². The highest BCUT2D eigenvalue weighted by Gasteiger charge is 2.11. The summed E-state index contributed by atoms with van der Waals surface area (Å²) in [7, 11) is 0. The Morgan fingerprint density at radius 3 is 2.56 bits per heavy atom. The van der Waals surface area contributed by atoms with Crippen molar-refractivity contribution in [2.45, 2.75) is 33.6 Å². The summed E-state index contributed by atoms with van der Waals surface area (Å²) in [6.07, 6.45) is 0. The second-order valence-corrected chi connectivity index (χ2v) is 4.67. The van der Waals surface area contributed by atoms with Gasteiger partial charge in [0.1, 0.15) is 16.8 Å². The smallest absolute Gasteiger partial charge is 0.137 e. The van der Waals surface area contributed by atoms with Gasteiger partial charge in [0.05, 0.1) is 0 Å². The van der Waals surface area contributed by atoms with Gasteiger partial charge in [-0.3, -0.25) is 0 Å². The van der Waals surface area contributed by atoms with Gasteiger partial charge in [-0.2, -0.15) is 0 Å². The molecule has 0 aliphatic carbocycles. The lowest BCUT2D eigenvalue weighted by Gasteiger charge is -2.12. The van der Waals surface area contributed by atoms with Crippen LogP contribution >= 0.6 is 11.6 Å². The Hall–Kier alpha value is -1.09. The van der Waals surface area contributed by atoms with E-state index in [9.17, 15) is 0 Å². The maximum atomic E-state index is 6.06. The molecule has 0 bridgehead atoms. The van der Waals surface area contributed by atoms with E-state index in [0.717, 1.165) is 22.8 Å². The molecule has 0 saturated heterocycles. The van der Waals surface area contributed by atoms with Crippen LogP contribution in [-0.4, -0.2) is 16.5 Å². The highest BCUT2D eigenvalue weighted by atomic mass is 35.5. The molecule has 1 heterocycles. The molecule has 0 radical (unpaired) electrons. The van der Waals surface area contributed by atoms with E-state index in [-0.39, 0.29) is 5.92 Å². The van der Waals surface area contributed by atoms with E-state index in [1.54, 1.807) is 0 Å². The van der Waals surface area contributed by atoms with Gasteiger partial charge in [0.2, 0.25) is 0 Å². The van der Waals surface area contributed by atoms with E-state index in [1.807, 2.05) is 27.7 Å². The Balaban J connectivity index is 3.01. The number of hydrogen-bond acceptors (Lipinski definition) is 3. The van der Waals surface area contributed by atoms with Crippen molar-refractivity contribution in [3.05, 3.63) is 28.7 Å². The van der Waals surface area contributed by atoms with E-state index < -0.39 is 0 Å². The zero-order chi connectivity index (χ0) is 12.3. The Morgan fingerprint density at radius 1 is 1.44 bits per heavy atom. The maximum Gasteiger partial charge on any atom is 0.137 e. The Labute approximate surface area is 102 Å². The molecule has 1 rings (SSSR count). The molecule has 0 saturated carbocycles. The number of nitrogens with zero attached hydrogens (tertiary/aromatic N) is 2. The first-order chi connectivity index (χ1) is 7.41. The molecule has 0 fully saturated rings. The molecule has 3 nitrogen and oxygen atoms in total. The van der Waals surface area contributed by atoms with Crippen molar-refractivity contribution < 1.29 is 0 Å². The molecule has 0 spiro atoms. The fourth-order valence-electron chi connectivity index (χ4n) is 1.17. The summed E-state index contributed by atoms with van der Waals surface area (Å²) < 4.78 is 0. The molecule has 1 aromatic heterocycles. The van der Waals surface area contributed by atoms with Crippen LogP contribution in [0.3, 0.4) is 0 Å². The van der Waals surface area contributed by atoms with Gasteiger partial charge in [0, 0.05) is 18.0 Å². The van der Waals surface area contributed by atoms with Crippen LogP contribution in [-0.2, 0) is 0 Å². The minimum Gasteiger partial charge on any atom is -0.366 e. The van der Waals surface area contributed by atoms with Crippen molar-refractivity contribution >= 4 is 17.4 Å². The molecule has 0 unspecified atom stereocenters. The van der Waals surface area contributed by atoms with Gasteiger partial charge in [-0.1, -0.05) is 37.6 Å². The van der Waals surface area contributed by atoms with Crippen LogP contribution in [0.15, 0.2) is 12.2 Å². The highest BCUT2D eigenvalue weighted by Crippen LogP contribution is 2.22. The van der Waals surface area contributed by atoms with Crippen LogP contribution in [0, 0.1) is 6.92 Å². The van der Waals surface area contributed by atoms with E-state index in [1.165, 1.54) is 0 Å². The van der Waals surface area contributed by atoms with E-state index >= 15 is 0 Å². The third-order valence-corrected chi connectivity index (χ3v) is 2.55. The number of rotatable bonds is 4. The van der Waals surface area contributed by atoms with Crippen molar-refractivity contribution in [2.24, 2.45) is 0 Å². The lowest BCUT2D eigenvalue weighted by Crippen LogP contribution is -2.09. The standard InChI is InChI=1S/C12H18ClN3/c1-7(2)6-14-12-9(5)10(13)15-11(16-12)8(3)4/h8H,1,6H2,2-5H3,(H,14,15,16). The first-order valence-electron chi connectivity index (χ1n) is 5.34. The van der Waals surface area contributed by atoms with Crippen molar-refractivity contribution in [1.29, 1.82) is 0 Å². The minimum atomic E-state index is 0.267. The first-order valence-corrected chi connectivity index (χ1v) is 5.72. The van der Waals surface area contributed by atoms with E-state index in [2.05, 4.69) is 21.9 Å². The predicted octanol–water partition coefficient (Wildman–Crippen LogP) is 3.55. The highest BCUT2D eigenvalue weighted by molar-refractivity contribution is 6.30. The summed E-state index contributed by atoms with van der Waals surface area (Å²) in [5.74, 6) is 1.83. The Morgan fingerprint density at radius 2 is 2.06 bits per heavy atom. The maximum absolute atomic E-state index is 6.06. The number of nitrogens with one attached hydrogen (secondary N) is 1. The fourth-order valence-corrected chi connectivity index (χ4v) is 1.35. The van der Waals surface area contributed by atoms with Crippen LogP contribution in [0.2, 0.25) is 5.15 Å². The van der Waals surface area contributed by atoms with Crippen LogP contribution < -0.4 is 5.32 Å². The SMILES string of the molecule is C=C(C)CNc1nc(C(C)C)nc(Cl)c1C. The molecule has 0 aliphatic heterocycles. The summed E-state index contributed by atoms with van der Waals surface area (Å²) in [4.78, 5) is 8.71. The lowest BCUT2D eigenvalue weighted by molar-refractivity contribution is 0.772. The van der Waals surface area contributed by atoms with Crippen LogP contribution in [0.5, 0.6) is 0 Å². The minimum absolute atomic E-state index is 0.267. The molecule has 88 valence electrons. The summed E-state index contributed by atoms with van der Waals surface area (Å²) in [5.41, 5.74) is 1.94. The largest absolute Gasteiger partial charge is 0.366 e. The predicted molar refractivity (Wildman–Crippen MR) is 69.2 cm³/mol. The van der Waals surface area contributed by atoms with Gasteiger partial charge in [0.15, 0.2) is 0 Å². The molecule has 1 N–H and O–H groups in total. The van der Waals surface area contributed by atoms with Crippen molar-refractivity contribution in [1.82, 2.24) is 9.97 Å². The number of halogens is 1. The Bertz CT molecular complexity index is 399. The summed E-state index contributed by atoms with van der Waals surface area (Å²) in [5, 5.41) is 3.73. The van der Waals surface area contributed by atoms with E-state index in [0.29, 0.717) is 11.7 Å². The molecule has 0 amide bonds. The first kappa shape index (κ1) is 13.0.